The van der Waals surface area contributed by atoms with Crippen LogP contribution in [0.15, 0.2) is 34.8 Å². The van der Waals surface area contributed by atoms with Gasteiger partial charge in [-0.1, -0.05) is 34.5 Å². The zero-order chi connectivity index (χ0) is 21.8. The molecule has 3 rings (SSSR count). The van der Waals surface area contributed by atoms with Gasteiger partial charge >= 0.3 is 0 Å². The van der Waals surface area contributed by atoms with Crippen LogP contribution < -0.4 is 15.0 Å². The second-order valence-electron chi connectivity index (χ2n) is 7.14. The number of nitrogens with zero attached hydrogens (tertiary/aromatic N) is 2. The first-order chi connectivity index (χ1) is 14.3. The van der Waals surface area contributed by atoms with E-state index in [0.717, 1.165) is 15.7 Å². The summed E-state index contributed by atoms with van der Waals surface area (Å²) < 4.78 is 6.25. The highest BCUT2D eigenvalue weighted by atomic mass is 79.9. The van der Waals surface area contributed by atoms with E-state index in [2.05, 4.69) is 26.1 Å². The largest absolute Gasteiger partial charge is 0.496 e. The molecule has 1 N–H and O–H groups in total. The number of anilines is 2. The number of hydrogen-bond donors (Lipinski definition) is 1. The van der Waals surface area contributed by atoms with Crippen LogP contribution in [-0.2, 0) is 4.79 Å². The van der Waals surface area contributed by atoms with Gasteiger partial charge in [-0.2, -0.15) is 0 Å². The van der Waals surface area contributed by atoms with Gasteiger partial charge in [-0.15, -0.1) is 0 Å². The smallest absolute Gasteiger partial charge is 0.259 e. The number of ether oxygens (including phenoxy) is 1. The summed E-state index contributed by atoms with van der Waals surface area (Å²) in [4.78, 5) is 29.1. The molecule has 1 fully saturated rings. The Morgan fingerprint density at radius 1 is 1.17 bits per heavy atom. The molecule has 8 heteroatoms. The number of benzene rings is 2. The van der Waals surface area contributed by atoms with Crippen molar-refractivity contribution in [2.45, 2.75) is 20.3 Å². The maximum absolute atomic E-state index is 13.1. The van der Waals surface area contributed by atoms with Gasteiger partial charge in [-0.25, -0.2) is 0 Å². The molecule has 160 valence electrons. The second-order valence-corrected chi connectivity index (χ2v) is 8.49. The number of methoxy groups -OCH3 is 1. The molecule has 2 aromatic rings. The fourth-order valence-corrected chi connectivity index (χ4v) is 4.41. The fourth-order valence-electron chi connectivity index (χ4n) is 3.66. The van der Waals surface area contributed by atoms with E-state index >= 15 is 0 Å². The minimum atomic E-state index is -0.278. The highest BCUT2D eigenvalue weighted by molar-refractivity contribution is 9.10. The molecule has 1 aliphatic rings. The van der Waals surface area contributed by atoms with Crippen molar-refractivity contribution in [3.05, 3.63) is 51.0 Å². The molecule has 30 heavy (non-hydrogen) atoms. The molecule has 0 aliphatic carbocycles. The van der Waals surface area contributed by atoms with Crippen molar-refractivity contribution in [1.29, 1.82) is 0 Å². The van der Waals surface area contributed by atoms with E-state index in [9.17, 15) is 9.59 Å². The Balaban J connectivity index is 1.85. The number of aryl methyl sites for hydroxylation is 1. The van der Waals surface area contributed by atoms with E-state index in [1.54, 1.807) is 25.3 Å². The first-order valence-electron chi connectivity index (χ1n) is 9.81. The van der Waals surface area contributed by atoms with Crippen molar-refractivity contribution < 1.29 is 14.3 Å². The molecule has 0 bridgehead atoms. The van der Waals surface area contributed by atoms with E-state index in [4.69, 9.17) is 16.3 Å². The van der Waals surface area contributed by atoms with Crippen LogP contribution >= 0.6 is 27.5 Å². The maximum atomic E-state index is 13.1. The van der Waals surface area contributed by atoms with Gasteiger partial charge < -0.3 is 19.9 Å². The Morgan fingerprint density at radius 3 is 2.50 bits per heavy atom. The molecular formula is C22H25BrClN3O3. The lowest BCUT2D eigenvalue weighted by atomic mass is 10.1. The normalized spacial score (nSPS) is 13.9. The van der Waals surface area contributed by atoms with Crippen LogP contribution in [0.1, 0.15) is 29.3 Å². The molecule has 1 saturated heterocycles. The highest BCUT2D eigenvalue weighted by Crippen LogP contribution is 2.33. The van der Waals surface area contributed by atoms with Crippen LogP contribution in [0.5, 0.6) is 5.75 Å². The third-order valence-corrected chi connectivity index (χ3v) is 5.86. The Bertz CT molecular complexity index is 959. The molecule has 2 amide bonds. The van der Waals surface area contributed by atoms with Gasteiger partial charge in [0.15, 0.2) is 0 Å². The van der Waals surface area contributed by atoms with Crippen molar-refractivity contribution in [1.82, 2.24) is 4.90 Å². The van der Waals surface area contributed by atoms with Crippen LogP contribution in [0.25, 0.3) is 0 Å². The highest BCUT2D eigenvalue weighted by Gasteiger charge is 2.23. The molecule has 0 atom stereocenters. The molecule has 2 aromatic carbocycles. The Labute approximate surface area is 190 Å². The molecule has 0 saturated carbocycles. The van der Waals surface area contributed by atoms with Gasteiger partial charge in [0.1, 0.15) is 5.75 Å². The van der Waals surface area contributed by atoms with Gasteiger partial charge in [-0.3, -0.25) is 9.59 Å². The molecule has 0 unspecified atom stereocenters. The van der Waals surface area contributed by atoms with Gasteiger partial charge in [0.05, 0.1) is 24.0 Å². The number of carbonyl (C=O) groups is 2. The number of nitrogens with one attached hydrogen (secondary N) is 1. The molecule has 0 aromatic heterocycles. The lowest BCUT2D eigenvalue weighted by Gasteiger charge is -2.37. The van der Waals surface area contributed by atoms with E-state index in [1.165, 1.54) is 0 Å². The van der Waals surface area contributed by atoms with E-state index in [-0.39, 0.29) is 11.8 Å². The number of amides is 2. The van der Waals surface area contributed by atoms with E-state index in [0.29, 0.717) is 54.6 Å². The predicted molar refractivity (Wildman–Crippen MR) is 124 cm³/mol. The number of hydrogen-bond acceptors (Lipinski definition) is 4. The van der Waals surface area contributed by atoms with Crippen LogP contribution in [0.3, 0.4) is 0 Å². The number of rotatable bonds is 5. The van der Waals surface area contributed by atoms with Crippen molar-refractivity contribution in [2.24, 2.45) is 0 Å². The van der Waals surface area contributed by atoms with E-state index < -0.39 is 0 Å². The molecule has 6 nitrogen and oxygen atoms in total. The first-order valence-corrected chi connectivity index (χ1v) is 11.0. The molecule has 0 radical (unpaired) electrons. The SMILES string of the molecule is CCC(=O)N1CCN(c2ccc(Cl)cc2NC(=O)c2cc(Br)cc(C)c2OC)CC1. The summed E-state index contributed by atoms with van der Waals surface area (Å²) >= 11 is 9.67. The Morgan fingerprint density at radius 2 is 1.87 bits per heavy atom. The summed E-state index contributed by atoms with van der Waals surface area (Å²) in [6.07, 6.45) is 0.510. The zero-order valence-electron chi connectivity index (χ0n) is 17.3. The molecule has 0 spiro atoms. The van der Waals surface area contributed by atoms with Crippen molar-refractivity contribution >= 4 is 50.7 Å². The lowest BCUT2D eigenvalue weighted by Crippen LogP contribution is -2.48. The summed E-state index contributed by atoms with van der Waals surface area (Å²) in [5.41, 5.74) is 2.80. The quantitative estimate of drug-likeness (QED) is 0.653. The zero-order valence-corrected chi connectivity index (χ0v) is 19.6. The van der Waals surface area contributed by atoms with Gasteiger partial charge in [-0.05, 0) is 42.8 Å². The average Bonchev–Trinajstić information content (AvgIpc) is 2.73. The first kappa shape index (κ1) is 22.4. The standard InChI is InChI=1S/C22H25BrClN3O3/c1-4-20(28)27-9-7-26(8-10-27)19-6-5-16(24)13-18(19)25-22(29)17-12-15(23)11-14(2)21(17)30-3/h5-6,11-13H,4,7-10H2,1-3H3,(H,25,29). The van der Waals surface area contributed by atoms with Gasteiger partial charge in [0.25, 0.3) is 5.91 Å². The predicted octanol–water partition coefficient (Wildman–Crippen LogP) is 4.73. The van der Waals surface area contributed by atoms with Gasteiger partial charge in [0, 0.05) is 42.1 Å². The summed E-state index contributed by atoms with van der Waals surface area (Å²) in [5.74, 6) is 0.418. The minimum absolute atomic E-state index is 0.163. The van der Waals surface area contributed by atoms with Crippen LogP contribution in [0.4, 0.5) is 11.4 Å². The van der Waals surface area contributed by atoms with Crippen molar-refractivity contribution in [2.75, 3.05) is 43.5 Å². The molecule has 1 heterocycles. The number of piperazine rings is 1. The Kier molecular flexibility index (Phi) is 7.26. The summed E-state index contributed by atoms with van der Waals surface area (Å²) in [6, 6.07) is 9.09. The second kappa shape index (κ2) is 9.71. The van der Waals surface area contributed by atoms with Crippen LogP contribution in [-0.4, -0.2) is 50.0 Å². The molecular weight excluding hydrogens is 470 g/mol. The van der Waals surface area contributed by atoms with Crippen LogP contribution in [0.2, 0.25) is 5.02 Å². The third-order valence-electron chi connectivity index (χ3n) is 5.17. The maximum Gasteiger partial charge on any atom is 0.259 e. The summed E-state index contributed by atoms with van der Waals surface area (Å²) in [6.45, 7) is 6.45. The third kappa shape index (κ3) is 4.90. The lowest BCUT2D eigenvalue weighted by molar-refractivity contribution is -0.131. The van der Waals surface area contributed by atoms with E-state index in [1.807, 2.05) is 30.9 Å². The number of carbonyl (C=O) groups excluding carboxylic acids is 2. The molecule has 1 aliphatic heterocycles. The minimum Gasteiger partial charge on any atom is -0.496 e. The van der Waals surface area contributed by atoms with Gasteiger partial charge in [0.2, 0.25) is 5.91 Å². The number of halogens is 2. The average molecular weight is 495 g/mol. The fraction of sp³-hybridized carbons (Fsp3) is 0.364. The summed E-state index contributed by atoms with van der Waals surface area (Å²) in [7, 11) is 1.55. The monoisotopic (exact) mass is 493 g/mol. The summed E-state index contributed by atoms with van der Waals surface area (Å²) in [5, 5.41) is 3.53. The van der Waals surface area contributed by atoms with Crippen molar-refractivity contribution in [3.8, 4) is 5.75 Å². The van der Waals surface area contributed by atoms with Crippen LogP contribution in [0, 0.1) is 6.92 Å². The Hall–Kier alpha value is -2.25. The topological polar surface area (TPSA) is 61.9 Å². The van der Waals surface area contributed by atoms with Crippen molar-refractivity contribution in [3.63, 3.8) is 0 Å².